The molecule has 2 aromatic carbocycles. The Morgan fingerprint density at radius 3 is 2.74 bits per heavy atom. The first-order chi connectivity index (χ1) is 17.0. The normalized spacial score (nSPS) is 12.0. The number of thioether (sulfide) groups is 1. The van der Waals surface area contributed by atoms with Crippen LogP contribution in [-0.4, -0.2) is 47.9 Å². The molecular formula is C24H24N4O6S. The Balaban J connectivity index is 1.29. The number of H-pyrrole nitrogens is 1. The van der Waals surface area contributed by atoms with Crippen LogP contribution in [0.4, 0.5) is 5.69 Å². The molecule has 2 amide bonds. The molecule has 0 atom stereocenters. The molecule has 182 valence electrons. The zero-order valence-corrected chi connectivity index (χ0v) is 19.8. The van der Waals surface area contributed by atoms with Crippen molar-refractivity contribution in [1.29, 1.82) is 0 Å². The molecule has 10 nitrogen and oxygen atoms in total. The van der Waals surface area contributed by atoms with Gasteiger partial charge < -0.3 is 29.8 Å². The van der Waals surface area contributed by atoms with Crippen LogP contribution in [-0.2, 0) is 22.6 Å². The van der Waals surface area contributed by atoms with Gasteiger partial charge in [0.25, 0.3) is 5.56 Å². The van der Waals surface area contributed by atoms with Gasteiger partial charge in [0.15, 0.2) is 16.7 Å². The number of amides is 2. The Morgan fingerprint density at radius 1 is 1.09 bits per heavy atom. The Hall–Kier alpha value is -3.99. The van der Waals surface area contributed by atoms with Crippen LogP contribution in [0.25, 0.3) is 0 Å². The van der Waals surface area contributed by atoms with Crippen molar-refractivity contribution in [3.8, 4) is 17.2 Å². The van der Waals surface area contributed by atoms with Crippen LogP contribution in [0, 0.1) is 0 Å². The fraction of sp³-hybridized carbons (Fsp3) is 0.250. The number of nitrogens with one attached hydrogen (secondary N) is 3. The molecular weight excluding hydrogens is 472 g/mol. The molecule has 1 aliphatic rings. The summed E-state index contributed by atoms with van der Waals surface area (Å²) in [7, 11) is 1.58. The van der Waals surface area contributed by atoms with Gasteiger partial charge >= 0.3 is 0 Å². The molecule has 0 spiro atoms. The minimum absolute atomic E-state index is 0.0167. The third-order valence-corrected chi connectivity index (χ3v) is 5.78. The van der Waals surface area contributed by atoms with E-state index in [4.69, 9.17) is 14.2 Å². The lowest BCUT2D eigenvalue weighted by molar-refractivity contribution is -0.120. The van der Waals surface area contributed by atoms with Crippen LogP contribution in [0.5, 0.6) is 17.2 Å². The van der Waals surface area contributed by atoms with Crippen LogP contribution in [0.3, 0.4) is 0 Å². The zero-order chi connectivity index (χ0) is 24.6. The largest absolute Gasteiger partial charge is 0.497 e. The number of aromatic nitrogens is 2. The first-order valence-electron chi connectivity index (χ1n) is 10.8. The van der Waals surface area contributed by atoms with E-state index in [1.165, 1.54) is 6.07 Å². The highest BCUT2D eigenvalue weighted by molar-refractivity contribution is 7.99. The molecule has 4 rings (SSSR count). The van der Waals surface area contributed by atoms with Crippen LogP contribution < -0.4 is 30.4 Å². The second-order valence-corrected chi connectivity index (χ2v) is 8.51. The van der Waals surface area contributed by atoms with E-state index in [2.05, 4.69) is 20.6 Å². The van der Waals surface area contributed by atoms with E-state index in [1.807, 2.05) is 24.3 Å². The van der Waals surface area contributed by atoms with E-state index in [-0.39, 0.29) is 29.1 Å². The molecule has 1 aromatic heterocycles. The van der Waals surface area contributed by atoms with Gasteiger partial charge in [-0.05, 0) is 29.8 Å². The van der Waals surface area contributed by atoms with Crippen LogP contribution >= 0.6 is 11.8 Å². The molecule has 3 N–H and O–H groups in total. The van der Waals surface area contributed by atoms with E-state index in [9.17, 15) is 14.4 Å². The summed E-state index contributed by atoms with van der Waals surface area (Å²) in [5.74, 6) is 1.37. The Morgan fingerprint density at radius 2 is 1.91 bits per heavy atom. The highest BCUT2D eigenvalue weighted by Gasteiger charge is 2.14. The quantitative estimate of drug-likeness (QED) is 0.303. The number of carbonyl (C=O) groups excluding carboxylic acids is 2. The number of anilines is 1. The van der Waals surface area contributed by atoms with Gasteiger partial charge in [0, 0.05) is 24.4 Å². The number of carbonyl (C=O) groups is 2. The van der Waals surface area contributed by atoms with E-state index in [1.54, 1.807) is 25.3 Å². The van der Waals surface area contributed by atoms with Gasteiger partial charge in [-0.2, -0.15) is 0 Å². The summed E-state index contributed by atoms with van der Waals surface area (Å²) >= 11 is 1.07. The minimum atomic E-state index is -0.398. The maximum absolute atomic E-state index is 12.4. The van der Waals surface area contributed by atoms with Crippen molar-refractivity contribution in [2.75, 3.05) is 31.4 Å². The van der Waals surface area contributed by atoms with E-state index in [0.29, 0.717) is 48.4 Å². The molecule has 0 aliphatic carbocycles. The molecule has 0 unspecified atom stereocenters. The predicted octanol–water partition coefficient (Wildman–Crippen LogP) is 2.14. The Bertz CT molecular complexity index is 1280. The highest BCUT2D eigenvalue weighted by atomic mass is 32.2. The molecule has 35 heavy (non-hydrogen) atoms. The number of nitrogens with zero attached hydrogens (tertiary/aromatic N) is 1. The molecule has 3 aromatic rings. The number of fused-ring (bicyclic) bond motifs is 1. The van der Waals surface area contributed by atoms with E-state index >= 15 is 0 Å². The van der Waals surface area contributed by atoms with Gasteiger partial charge in [0.05, 0.1) is 25.0 Å². The van der Waals surface area contributed by atoms with E-state index in [0.717, 1.165) is 17.3 Å². The SMILES string of the molecule is COc1cccc(CNC(=O)Cc2cc(=O)[nH]c(SCC(=O)Nc3ccc4c(c3)OCCO4)n2)c1. The average Bonchev–Trinajstić information content (AvgIpc) is 2.86. The molecule has 11 heteroatoms. The third kappa shape index (κ3) is 7.00. The average molecular weight is 497 g/mol. The first-order valence-corrected chi connectivity index (χ1v) is 11.8. The number of ether oxygens (including phenoxy) is 3. The highest BCUT2D eigenvalue weighted by Crippen LogP contribution is 2.32. The van der Waals surface area contributed by atoms with Crippen molar-refractivity contribution in [2.45, 2.75) is 18.1 Å². The summed E-state index contributed by atoms with van der Waals surface area (Å²) in [6.07, 6.45) is -0.0646. The minimum Gasteiger partial charge on any atom is -0.497 e. The first kappa shape index (κ1) is 24.1. The Labute approximate surface area is 205 Å². The molecule has 0 saturated heterocycles. The number of hydrogen-bond donors (Lipinski definition) is 3. The van der Waals surface area contributed by atoms with Crippen molar-refractivity contribution >= 4 is 29.3 Å². The van der Waals surface area contributed by atoms with Crippen LogP contribution in [0.15, 0.2) is 58.5 Å². The summed E-state index contributed by atoms with van der Waals surface area (Å²) in [4.78, 5) is 43.6. The second-order valence-electron chi connectivity index (χ2n) is 7.54. The molecule has 0 saturated carbocycles. The fourth-order valence-electron chi connectivity index (χ4n) is 3.30. The summed E-state index contributed by atoms with van der Waals surface area (Å²) < 4.78 is 16.2. The summed E-state index contributed by atoms with van der Waals surface area (Å²) in [6, 6.07) is 13.8. The zero-order valence-electron chi connectivity index (χ0n) is 19.0. The lowest BCUT2D eigenvalue weighted by Crippen LogP contribution is -2.26. The maximum atomic E-state index is 12.4. The summed E-state index contributed by atoms with van der Waals surface area (Å²) in [5, 5.41) is 5.83. The number of methoxy groups -OCH3 is 1. The van der Waals surface area contributed by atoms with Crippen molar-refractivity contribution in [2.24, 2.45) is 0 Å². The smallest absolute Gasteiger partial charge is 0.251 e. The lowest BCUT2D eigenvalue weighted by Gasteiger charge is -2.18. The van der Waals surface area contributed by atoms with Crippen molar-refractivity contribution in [3.63, 3.8) is 0 Å². The fourth-order valence-corrected chi connectivity index (χ4v) is 4.00. The van der Waals surface area contributed by atoms with Crippen molar-refractivity contribution in [3.05, 3.63) is 70.1 Å². The third-order valence-electron chi connectivity index (χ3n) is 4.90. The number of rotatable bonds is 9. The Kier molecular flexibility index (Phi) is 7.88. The lowest BCUT2D eigenvalue weighted by atomic mass is 10.2. The van der Waals surface area contributed by atoms with Crippen LogP contribution in [0.1, 0.15) is 11.3 Å². The maximum Gasteiger partial charge on any atom is 0.251 e. The van der Waals surface area contributed by atoms with Gasteiger partial charge in [-0.15, -0.1) is 0 Å². The molecule has 1 aliphatic heterocycles. The van der Waals surface area contributed by atoms with Gasteiger partial charge in [0.2, 0.25) is 11.8 Å². The standard InChI is InChI=1S/C24H24N4O6S/c1-32-18-4-2-3-15(9-18)13-25-21(29)11-17-12-22(30)28-24(27-17)35-14-23(31)26-16-5-6-19-20(10-16)34-8-7-33-19/h2-6,9-10,12H,7-8,11,13-14H2,1H3,(H,25,29)(H,26,31)(H,27,28,30). The molecule has 0 radical (unpaired) electrons. The topological polar surface area (TPSA) is 132 Å². The number of hydrogen-bond acceptors (Lipinski definition) is 8. The van der Waals surface area contributed by atoms with Crippen molar-refractivity contribution < 1.29 is 23.8 Å². The van der Waals surface area contributed by atoms with Gasteiger partial charge in [-0.1, -0.05) is 23.9 Å². The van der Waals surface area contributed by atoms with Gasteiger partial charge in [0.1, 0.15) is 19.0 Å². The van der Waals surface area contributed by atoms with Crippen molar-refractivity contribution in [1.82, 2.24) is 15.3 Å². The monoisotopic (exact) mass is 496 g/mol. The summed E-state index contributed by atoms with van der Waals surface area (Å²) in [5.41, 5.74) is 1.37. The summed E-state index contributed by atoms with van der Waals surface area (Å²) in [6.45, 7) is 1.26. The molecule has 0 fully saturated rings. The predicted molar refractivity (Wildman–Crippen MR) is 130 cm³/mol. The van der Waals surface area contributed by atoms with Crippen LogP contribution in [0.2, 0.25) is 0 Å². The van der Waals surface area contributed by atoms with Gasteiger partial charge in [-0.25, -0.2) is 4.98 Å². The molecule has 2 heterocycles. The molecule has 0 bridgehead atoms. The number of aromatic amines is 1. The van der Waals surface area contributed by atoms with Gasteiger partial charge in [-0.3, -0.25) is 14.4 Å². The second kappa shape index (κ2) is 11.4. The van der Waals surface area contributed by atoms with E-state index < -0.39 is 5.56 Å². The number of benzene rings is 2.